The van der Waals surface area contributed by atoms with Crippen LogP contribution in [-0.2, 0) is 14.3 Å². The zero-order chi connectivity index (χ0) is 23.5. The molecule has 6 nitrogen and oxygen atoms in total. The molecule has 0 atom stereocenters. The third-order valence-corrected chi connectivity index (χ3v) is 7.23. The number of methoxy groups -OCH3 is 2. The summed E-state index contributed by atoms with van der Waals surface area (Å²) in [5.41, 5.74) is 4.54. The molecule has 1 aromatic rings. The van der Waals surface area contributed by atoms with Crippen LogP contribution in [0.1, 0.15) is 63.4 Å². The van der Waals surface area contributed by atoms with Gasteiger partial charge in [-0.2, -0.15) is 0 Å². The van der Waals surface area contributed by atoms with Crippen molar-refractivity contribution in [2.45, 2.75) is 57.8 Å². The van der Waals surface area contributed by atoms with Crippen LogP contribution in [0.25, 0.3) is 0 Å². The van der Waals surface area contributed by atoms with Crippen molar-refractivity contribution in [1.29, 1.82) is 0 Å². The Balaban J connectivity index is 1.90. The van der Waals surface area contributed by atoms with Gasteiger partial charge < -0.3 is 19.1 Å². The first-order valence-electron chi connectivity index (χ1n) is 11.8. The van der Waals surface area contributed by atoms with Crippen LogP contribution in [0.5, 0.6) is 11.5 Å². The van der Waals surface area contributed by atoms with Crippen molar-refractivity contribution >= 4 is 27.5 Å². The van der Waals surface area contributed by atoms with E-state index in [-0.39, 0.29) is 17.5 Å². The minimum atomic E-state index is -0.375. The van der Waals surface area contributed by atoms with Crippen LogP contribution in [0, 0.1) is 0 Å². The molecule has 0 unspecified atom stereocenters. The van der Waals surface area contributed by atoms with Crippen molar-refractivity contribution in [1.82, 2.24) is 4.90 Å². The highest BCUT2D eigenvalue weighted by Gasteiger charge is 2.43. The number of ketones is 2. The van der Waals surface area contributed by atoms with E-state index >= 15 is 0 Å². The topological polar surface area (TPSA) is 65.1 Å². The number of nitrogens with zero attached hydrogens (tertiary/aromatic N) is 1. The summed E-state index contributed by atoms with van der Waals surface area (Å²) in [4.78, 5) is 28.9. The highest BCUT2D eigenvalue weighted by atomic mass is 79.9. The molecule has 33 heavy (non-hydrogen) atoms. The molecule has 4 rings (SSSR count). The number of allylic oxidation sites excluding steroid dienone is 4. The molecule has 0 saturated heterocycles. The molecule has 0 bridgehead atoms. The van der Waals surface area contributed by atoms with Crippen LogP contribution in [0.15, 0.2) is 39.1 Å². The van der Waals surface area contributed by atoms with E-state index in [1.54, 1.807) is 14.2 Å². The van der Waals surface area contributed by atoms with Crippen molar-refractivity contribution < 1.29 is 23.8 Å². The number of benzene rings is 1. The zero-order valence-corrected chi connectivity index (χ0v) is 21.3. The number of carbonyl (C=O) groups excluding carboxylic acids is 2. The average Bonchev–Trinajstić information content (AvgIpc) is 2.81. The predicted octanol–water partition coefficient (Wildman–Crippen LogP) is 5.31. The van der Waals surface area contributed by atoms with Gasteiger partial charge in [-0.15, -0.1) is 0 Å². The molecule has 0 radical (unpaired) electrons. The minimum Gasteiger partial charge on any atom is -0.493 e. The van der Waals surface area contributed by atoms with Gasteiger partial charge in [-0.3, -0.25) is 9.59 Å². The standard InChI is InChI=1S/C26H32BrNO5/c1-4-12-33-26-17(27)14-16(15-22(26)32-3)23-24-18(7-5-9-20(24)29)28(11-13-31-2)19-8-6-10-21(30)25(19)23/h14-15,23H,4-13H2,1-3H3. The largest absolute Gasteiger partial charge is 0.493 e. The molecule has 0 amide bonds. The van der Waals surface area contributed by atoms with Gasteiger partial charge in [-0.05, 0) is 65.7 Å². The first-order valence-corrected chi connectivity index (χ1v) is 12.6. The van der Waals surface area contributed by atoms with E-state index in [1.165, 1.54) is 0 Å². The quantitative estimate of drug-likeness (QED) is 0.465. The lowest BCUT2D eigenvalue weighted by atomic mass is 9.71. The summed E-state index contributed by atoms with van der Waals surface area (Å²) in [5.74, 6) is 1.14. The number of carbonyl (C=O) groups is 2. The molecule has 1 aromatic carbocycles. The van der Waals surface area contributed by atoms with Crippen LogP contribution in [-0.4, -0.2) is 50.4 Å². The van der Waals surface area contributed by atoms with E-state index in [0.717, 1.165) is 64.7 Å². The van der Waals surface area contributed by atoms with Gasteiger partial charge in [0, 0.05) is 55.0 Å². The number of halogens is 1. The molecule has 0 N–H and O–H groups in total. The van der Waals surface area contributed by atoms with Crippen molar-refractivity contribution in [3.63, 3.8) is 0 Å². The zero-order valence-electron chi connectivity index (χ0n) is 19.7. The smallest absolute Gasteiger partial charge is 0.175 e. The van der Waals surface area contributed by atoms with Crippen LogP contribution in [0.3, 0.4) is 0 Å². The first kappa shape index (κ1) is 24.0. The fraction of sp³-hybridized carbons (Fsp3) is 0.538. The Hall–Kier alpha value is -2.12. The van der Waals surface area contributed by atoms with Gasteiger partial charge in [0.25, 0.3) is 0 Å². The number of Topliss-reactive ketones (excluding diaryl/α,β-unsaturated/α-hetero) is 2. The first-order chi connectivity index (χ1) is 16.0. The van der Waals surface area contributed by atoms with Crippen molar-refractivity contribution in [2.75, 3.05) is 34.0 Å². The summed E-state index contributed by atoms with van der Waals surface area (Å²) in [7, 11) is 3.30. The summed E-state index contributed by atoms with van der Waals surface area (Å²) in [6.45, 7) is 3.83. The van der Waals surface area contributed by atoms with Gasteiger partial charge in [0.15, 0.2) is 23.1 Å². The Morgan fingerprint density at radius 2 is 1.61 bits per heavy atom. The Bertz CT molecular complexity index is 968. The monoisotopic (exact) mass is 517 g/mol. The Kier molecular flexibility index (Phi) is 7.59. The van der Waals surface area contributed by atoms with Crippen LogP contribution >= 0.6 is 15.9 Å². The average molecular weight is 518 g/mol. The predicted molar refractivity (Wildman–Crippen MR) is 130 cm³/mol. The SMILES string of the molecule is CCCOc1c(Br)cc(C2C3=C(CCCC3=O)N(CCOC)C3=C2C(=O)CCC3)cc1OC. The molecular formula is C26H32BrNO5. The normalized spacial score (nSPS) is 19.1. The molecule has 2 aliphatic carbocycles. The molecule has 1 aliphatic heterocycles. The number of hydrogen-bond acceptors (Lipinski definition) is 6. The molecular weight excluding hydrogens is 486 g/mol. The van der Waals surface area contributed by atoms with E-state index in [1.807, 2.05) is 12.1 Å². The molecule has 3 aliphatic rings. The summed E-state index contributed by atoms with van der Waals surface area (Å²) in [6, 6.07) is 3.92. The maximum absolute atomic E-state index is 13.3. The van der Waals surface area contributed by atoms with E-state index in [4.69, 9.17) is 14.2 Å². The maximum atomic E-state index is 13.3. The van der Waals surface area contributed by atoms with Gasteiger partial charge in [-0.25, -0.2) is 0 Å². The van der Waals surface area contributed by atoms with Gasteiger partial charge in [-0.1, -0.05) is 6.92 Å². The molecule has 0 fully saturated rings. The molecule has 178 valence electrons. The molecule has 0 spiro atoms. The minimum absolute atomic E-state index is 0.134. The van der Waals surface area contributed by atoms with Crippen molar-refractivity contribution in [3.8, 4) is 11.5 Å². The second kappa shape index (κ2) is 10.4. The maximum Gasteiger partial charge on any atom is 0.175 e. The molecule has 1 heterocycles. The Morgan fingerprint density at radius 3 is 2.15 bits per heavy atom. The number of rotatable bonds is 8. The molecule has 7 heteroatoms. The van der Waals surface area contributed by atoms with Crippen LogP contribution < -0.4 is 9.47 Å². The van der Waals surface area contributed by atoms with Crippen molar-refractivity contribution in [2.24, 2.45) is 0 Å². The second-order valence-electron chi connectivity index (χ2n) is 8.73. The van der Waals surface area contributed by atoms with E-state index in [0.29, 0.717) is 44.1 Å². The van der Waals surface area contributed by atoms with E-state index in [2.05, 4.69) is 27.8 Å². The van der Waals surface area contributed by atoms with E-state index in [9.17, 15) is 9.59 Å². The number of hydrogen-bond donors (Lipinski definition) is 0. The third-order valence-electron chi connectivity index (χ3n) is 6.64. The lowest BCUT2D eigenvalue weighted by Gasteiger charge is -2.44. The van der Waals surface area contributed by atoms with Gasteiger partial charge in [0.05, 0.1) is 24.8 Å². The van der Waals surface area contributed by atoms with E-state index < -0.39 is 0 Å². The fourth-order valence-corrected chi connectivity index (χ4v) is 5.83. The van der Waals surface area contributed by atoms with Gasteiger partial charge in [0.2, 0.25) is 0 Å². The van der Waals surface area contributed by atoms with Crippen LogP contribution in [0.2, 0.25) is 0 Å². The highest BCUT2D eigenvalue weighted by molar-refractivity contribution is 9.10. The van der Waals surface area contributed by atoms with Crippen molar-refractivity contribution in [3.05, 3.63) is 44.7 Å². The Labute approximate surface area is 204 Å². The summed E-state index contributed by atoms with van der Waals surface area (Å²) < 4.78 is 17.7. The molecule has 0 aromatic heterocycles. The fourth-order valence-electron chi connectivity index (χ4n) is 5.25. The lowest BCUT2D eigenvalue weighted by Crippen LogP contribution is -2.40. The summed E-state index contributed by atoms with van der Waals surface area (Å²) >= 11 is 3.65. The molecule has 0 saturated carbocycles. The second-order valence-corrected chi connectivity index (χ2v) is 9.59. The Morgan fingerprint density at radius 1 is 0.970 bits per heavy atom. The van der Waals surface area contributed by atoms with Crippen LogP contribution in [0.4, 0.5) is 0 Å². The number of ether oxygens (including phenoxy) is 3. The third kappa shape index (κ3) is 4.50. The van der Waals surface area contributed by atoms with Gasteiger partial charge in [0.1, 0.15) is 0 Å². The van der Waals surface area contributed by atoms with Gasteiger partial charge >= 0.3 is 0 Å². The summed E-state index contributed by atoms with van der Waals surface area (Å²) in [5, 5.41) is 0. The lowest BCUT2D eigenvalue weighted by molar-refractivity contribution is -0.117. The summed E-state index contributed by atoms with van der Waals surface area (Å²) in [6.07, 6.45) is 5.25. The highest BCUT2D eigenvalue weighted by Crippen LogP contribution is 2.51.